The van der Waals surface area contributed by atoms with E-state index in [4.69, 9.17) is 0 Å². The number of aryl methyl sites for hydroxylation is 1. The number of β-amino-alcohol motifs (C(OH)–C–C–N with tert-alkyl or cyclic N) is 1. The van der Waals surface area contributed by atoms with E-state index in [1.807, 2.05) is 6.92 Å². The van der Waals surface area contributed by atoms with Crippen LogP contribution in [0.1, 0.15) is 43.8 Å². The smallest absolute Gasteiger partial charge is 0.147 e. The summed E-state index contributed by atoms with van der Waals surface area (Å²) in [5, 5.41) is 18.9. The lowest BCUT2D eigenvalue weighted by Gasteiger charge is -2.38. The van der Waals surface area contributed by atoms with Crippen LogP contribution in [0.3, 0.4) is 0 Å². The minimum absolute atomic E-state index is 0.463. The van der Waals surface area contributed by atoms with Crippen LogP contribution < -0.4 is 0 Å². The summed E-state index contributed by atoms with van der Waals surface area (Å²) in [7, 11) is 0. The standard InChI is InChI=1S/C13H22N4O/c1-11-14-15-12-9-16(7-8-17(11)12)10-13(18)5-3-2-4-6-13/h18H,2-10H2,1H3. The van der Waals surface area contributed by atoms with Gasteiger partial charge in [0.1, 0.15) is 11.6 Å². The summed E-state index contributed by atoms with van der Waals surface area (Å²) in [5.41, 5.74) is -0.463. The van der Waals surface area contributed by atoms with Crippen molar-refractivity contribution in [3.63, 3.8) is 0 Å². The third-order valence-corrected chi connectivity index (χ3v) is 4.32. The van der Waals surface area contributed by atoms with Crippen LogP contribution in [0.2, 0.25) is 0 Å². The van der Waals surface area contributed by atoms with Crippen LogP contribution >= 0.6 is 0 Å². The first-order valence-corrected chi connectivity index (χ1v) is 7.00. The van der Waals surface area contributed by atoms with Crippen molar-refractivity contribution >= 4 is 0 Å². The highest BCUT2D eigenvalue weighted by Crippen LogP contribution is 2.29. The van der Waals surface area contributed by atoms with Gasteiger partial charge in [-0.05, 0) is 19.8 Å². The molecule has 5 nitrogen and oxygen atoms in total. The fourth-order valence-electron chi connectivity index (χ4n) is 3.27. The summed E-state index contributed by atoms with van der Waals surface area (Å²) in [4.78, 5) is 2.33. The molecule has 100 valence electrons. The molecule has 0 saturated heterocycles. The molecule has 2 aliphatic rings. The lowest BCUT2D eigenvalue weighted by atomic mass is 9.84. The normalized spacial score (nSPS) is 23.9. The van der Waals surface area contributed by atoms with Gasteiger partial charge in [0.2, 0.25) is 0 Å². The summed E-state index contributed by atoms with van der Waals surface area (Å²) in [5.74, 6) is 2.04. The van der Waals surface area contributed by atoms with Crippen molar-refractivity contribution in [2.75, 3.05) is 13.1 Å². The minimum Gasteiger partial charge on any atom is -0.389 e. The molecule has 2 heterocycles. The maximum atomic E-state index is 10.6. The lowest BCUT2D eigenvalue weighted by Crippen LogP contribution is -2.47. The topological polar surface area (TPSA) is 54.2 Å². The van der Waals surface area contributed by atoms with E-state index in [1.165, 1.54) is 19.3 Å². The van der Waals surface area contributed by atoms with E-state index < -0.39 is 5.60 Å². The number of rotatable bonds is 2. The van der Waals surface area contributed by atoms with Gasteiger partial charge in [-0.3, -0.25) is 4.90 Å². The van der Waals surface area contributed by atoms with Crippen molar-refractivity contribution in [3.05, 3.63) is 11.6 Å². The third kappa shape index (κ3) is 2.29. The second-order valence-electron chi connectivity index (χ2n) is 5.81. The molecule has 1 aromatic heterocycles. The summed E-state index contributed by atoms with van der Waals surface area (Å²) < 4.78 is 2.18. The van der Waals surface area contributed by atoms with Gasteiger partial charge in [0.25, 0.3) is 0 Å². The largest absolute Gasteiger partial charge is 0.389 e. The molecule has 1 fully saturated rings. The van der Waals surface area contributed by atoms with Crippen LogP contribution in [0.5, 0.6) is 0 Å². The van der Waals surface area contributed by atoms with E-state index in [0.29, 0.717) is 0 Å². The number of nitrogens with zero attached hydrogens (tertiary/aromatic N) is 4. The molecule has 5 heteroatoms. The summed E-state index contributed by atoms with van der Waals surface area (Å²) in [6.45, 7) is 5.56. The molecule has 0 amide bonds. The molecule has 0 aromatic carbocycles. The Balaban J connectivity index is 1.65. The average Bonchev–Trinajstić information content (AvgIpc) is 2.71. The van der Waals surface area contributed by atoms with Crippen molar-refractivity contribution in [3.8, 4) is 0 Å². The maximum absolute atomic E-state index is 10.6. The van der Waals surface area contributed by atoms with E-state index in [2.05, 4.69) is 19.7 Å². The van der Waals surface area contributed by atoms with Gasteiger partial charge in [-0.2, -0.15) is 0 Å². The number of hydrogen-bond donors (Lipinski definition) is 1. The first-order chi connectivity index (χ1) is 8.66. The number of fused-ring (bicyclic) bond motifs is 1. The molecular weight excluding hydrogens is 228 g/mol. The Hall–Kier alpha value is -0.940. The van der Waals surface area contributed by atoms with Gasteiger partial charge in [-0.25, -0.2) is 0 Å². The zero-order chi connectivity index (χ0) is 12.6. The van der Waals surface area contributed by atoms with E-state index in [9.17, 15) is 5.11 Å². The Bertz CT molecular complexity index is 423. The molecule has 3 rings (SSSR count). The first kappa shape index (κ1) is 12.1. The molecule has 0 atom stereocenters. The van der Waals surface area contributed by atoms with Gasteiger partial charge >= 0.3 is 0 Å². The van der Waals surface area contributed by atoms with E-state index in [1.54, 1.807) is 0 Å². The highest BCUT2D eigenvalue weighted by molar-refractivity contribution is 4.98. The Labute approximate surface area is 108 Å². The van der Waals surface area contributed by atoms with Crippen molar-refractivity contribution in [2.45, 2.75) is 57.7 Å². The molecule has 1 N–H and O–H groups in total. The van der Waals surface area contributed by atoms with E-state index in [-0.39, 0.29) is 0 Å². The molecule has 0 radical (unpaired) electrons. The van der Waals surface area contributed by atoms with Crippen LogP contribution in [0.25, 0.3) is 0 Å². The molecule has 1 saturated carbocycles. The predicted octanol–water partition coefficient (Wildman–Crippen LogP) is 1.10. The zero-order valence-corrected chi connectivity index (χ0v) is 11.1. The summed E-state index contributed by atoms with van der Waals surface area (Å²) in [6.07, 6.45) is 5.51. The van der Waals surface area contributed by atoms with E-state index >= 15 is 0 Å². The van der Waals surface area contributed by atoms with Gasteiger partial charge in [-0.1, -0.05) is 19.3 Å². The molecule has 1 aliphatic carbocycles. The molecule has 0 unspecified atom stereocenters. The van der Waals surface area contributed by atoms with Gasteiger partial charge in [0.05, 0.1) is 12.1 Å². The van der Waals surface area contributed by atoms with Crippen LogP contribution in [-0.4, -0.2) is 43.5 Å². The zero-order valence-electron chi connectivity index (χ0n) is 11.1. The Morgan fingerprint density at radius 3 is 2.72 bits per heavy atom. The predicted molar refractivity (Wildman–Crippen MR) is 68.1 cm³/mol. The third-order valence-electron chi connectivity index (χ3n) is 4.32. The van der Waals surface area contributed by atoms with Gasteiger partial charge in [0, 0.05) is 19.6 Å². The van der Waals surface area contributed by atoms with Crippen molar-refractivity contribution in [1.29, 1.82) is 0 Å². The minimum atomic E-state index is -0.463. The number of aliphatic hydroxyl groups is 1. The average molecular weight is 250 g/mol. The highest BCUT2D eigenvalue weighted by atomic mass is 16.3. The quantitative estimate of drug-likeness (QED) is 0.854. The Kier molecular flexibility index (Phi) is 3.11. The lowest BCUT2D eigenvalue weighted by molar-refractivity contribution is -0.0320. The SMILES string of the molecule is Cc1nnc2n1CCN(CC1(O)CCCCC1)C2. The Morgan fingerprint density at radius 2 is 1.94 bits per heavy atom. The molecule has 0 bridgehead atoms. The monoisotopic (exact) mass is 250 g/mol. The van der Waals surface area contributed by atoms with Gasteiger partial charge in [-0.15, -0.1) is 10.2 Å². The van der Waals surface area contributed by atoms with Gasteiger partial charge in [0.15, 0.2) is 0 Å². The number of hydrogen-bond acceptors (Lipinski definition) is 4. The van der Waals surface area contributed by atoms with Crippen LogP contribution in [0.4, 0.5) is 0 Å². The van der Waals surface area contributed by atoms with Crippen LogP contribution in [-0.2, 0) is 13.1 Å². The van der Waals surface area contributed by atoms with Crippen molar-refractivity contribution in [1.82, 2.24) is 19.7 Å². The summed E-state index contributed by atoms with van der Waals surface area (Å²) in [6, 6.07) is 0. The fourth-order valence-corrected chi connectivity index (χ4v) is 3.27. The molecule has 1 aromatic rings. The molecule has 0 spiro atoms. The van der Waals surface area contributed by atoms with Crippen molar-refractivity contribution in [2.24, 2.45) is 0 Å². The van der Waals surface area contributed by atoms with Crippen LogP contribution in [0.15, 0.2) is 0 Å². The van der Waals surface area contributed by atoms with Gasteiger partial charge < -0.3 is 9.67 Å². The second-order valence-corrected chi connectivity index (χ2v) is 5.81. The van der Waals surface area contributed by atoms with E-state index in [0.717, 1.165) is 50.7 Å². The second kappa shape index (κ2) is 4.63. The summed E-state index contributed by atoms with van der Waals surface area (Å²) >= 11 is 0. The first-order valence-electron chi connectivity index (χ1n) is 7.00. The highest BCUT2D eigenvalue weighted by Gasteiger charge is 2.32. The van der Waals surface area contributed by atoms with Crippen molar-refractivity contribution < 1.29 is 5.11 Å². The molecular formula is C13H22N4O. The molecule has 1 aliphatic heterocycles. The fraction of sp³-hybridized carbons (Fsp3) is 0.846. The number of aromatic nitrogens is 3. The Morgan fingerprint density at radius 1 is 1.17 bits per heavy atom. The molecule has 18 heavy (non-hydrogen) atoms. The van der Waals surface area contributed by atoms with Crippen LogP contribution in [0, 0.1) is 6.92 Å². The maximum Gasteiger partial charge on any atom is 0.147 e.